The summed E-state index contributed by atoms with van der Waals surface area (Å²) in [6.07, 6.45) is 9.71. The largest absolute Gasteiger partial charge is 0.341 e. The third kappa shape index (κ3) is 5.97. The van der Waals surface area contributed by atoms with Crippen LogP contribution in [-0.4, -0.2) is 59.9 Å². The lowest BCUT2D eigenvalue weighted by Crippen LogP contribution is -2.62. The number of nitrogens with one attached hydrogen (secondary N) is 1. The van der Waals surface area contributed by atoms with Gasteiger partial charge in [0.15, 0.2) is 0 Å². The van der Waals surface area contributed by atoms with Gasteiger partial charge in [-0.1, -0.05) is 27.7 Å². The lowest BCUT2D eigenvalue weighted by Gasteiger charge is -2.42. The highest BCUT2D eigenvalue weighted by Gasteiger charge is 2.39. The smallest absolute Gasteiger partial charge is 0.245 e. The normalized spacial score (nSPS) is 23.0. The van der Waals surface area contributed by atoms with Gasteiger partial charge >= 0.3 is 0 Å². The van der Waals surface area contributed by atoms with Crippen LogP contribution in [0.5, 0.6) is 0 Å². The maximum absolute atomic E-state index is 13.3. The summed E-state index contributed by atoms with van der Waals surface area (Å²) in [5, 5.41) is 3.34. The lowest BCUT2D eigenvalue weighted by molar-refractivity contribution is -0.150. The summed E-state index contributed by atoms with van der Waals surface area (Å²) in [4.78, 5) is 30.2. The molecule has 5 heteroatoms. The van der Waals surface area contributed by atoms with Crippen molar-refractivity contribution < 1.29 is 9.59 Å². The summed E-state index contributed by atoms with van der Waals surface area (Å²) in [6, 6.07) is -0.499. The SMILES string of the molecule is C#CCC1CCN(C(=O)[C@H](CC(C)C)N2CCN[C@@H](CC(C)C)C2=O)CC1. The molecule has 5 nitrogen and oxygen atoms in total. The zero-order valence-electron chi connectivity index (χ0n) is 17.5. The molecule has 2 saturated heterocycles. The average molecular weight is 376 g/mol. The summed E-state index contributed by atoms with van der Waals surface area (Å²) >= 11 is 0. The van der Waals surface area contributed by atoms with Crippen molar-refractivity contribution in [3.05, 3.63) is 0 Å². The van der Waals surface area contributed by atoms with Crippen LogP contribution < -0.4 is 5.32 Å². The minimum Gasteiger partial charge on any atom is -0.341 e. The van der Waals surface area contributed by atoms with E-state index in [9.17, 15) is 9.59 Å². The van der Waals surface area contributed by atoms with Crippen LogP contribution in [0.1, 0.15) is 59.8 Å². The Morgan fingerprint density at radius 1 is 1.19 bits per heavy atom. The average Bonchev–Trinajstić information content (AvgIpc) is 2.61. The van der Waals surface area contributed by atoms with E-state index >= 15 is 0 Å². The molecule has 0 saturated carbocycles. The fourth-order valence-electron chi connectivity index (χ4n) is 4.26. The van der Waals surface area contributed by atoms with Gasteiger partial charge in [-0.3, -0.25) is 9.59 Å². The van der Waals surface area contributed by atoms with E-state index in [1.54, 1.807) is 0 Å². The first-order valence-corrected chi connectivity index (χ1v) is 10.6. The van der Waals surface area contributed by atoms with E-state index in [2.05, 4.69) is 38.9 Å². The predicted molar refractivity (Wildman–Crippen MR) is 109 cm³/mol. The molecule has 0 aromatic rings. The molecular formula is C22H37N3O2. The number of piperidine rings is 1. The molecule has 0 aliphatic carbocycles. The molecule has 1 N–H and O–H groups in total. The summed E-state index contributed by atoms with van der Waals surface area (Å²) in [6.45, 7) is 11.4. The number of piperazine rings is 1. The fraction of sp³-hybridized carbons (Fsp3) is 0.818. The van der Waals surface area contributed by atoms with Crippen molar-refractivity contribution in [2.75, 3.05) is 26.2 Å². The Kier molecular flexibility index (Phi) is 8.16. The first kappa shape index (κ1) is 21.8. The van der Waals surface area contributed by atoms with Crippen LogP contribution in [0, 0.1) is 30.1 Å². The topological polar surface area (TPSA) is 52.7 Å². The number of nitrogens with zero attached hydrogens (tertiary/aromatic N) is 2. The molecule has 2 fully saturated rings. The van der Waals surface area contributed by atoms with Gasteiger partial charge in [0.05, 0.1) is 6.04 Å². The fourth-order valence-corrected chi connectivity index (χ4v) is 4.26. The molecule has 0 aromatic heterocycles. The molecule has 2 atom stereocenters. The minimum atomic E-state index is -0.335. The van der Waals surface area contributed by atoms with E-state index in [-0.39, 0.29) is 23.9 Å². The van der Waals surface area contributed by atoms with Crippen LogP contribution in [-0.2, 0) is 9.59 Å². The molecule has 0 spiro atoms. The highest BCUT2D eigenvalue weighted by molar-refractivity contribution is 5.90. The van der Waals surface area contributed by atoms with Crippen molar-refractivity contribution >= 4 is 11.8 Å². The zero-order valence-corrected chi connectivity index (χ0v) is 17.5. The molecule has 2 heterocycles. The van der Waals surface area contributed by atoms with Gasteiger partial charge in [-0.15, -0.1) is 12.3 Å². The highest BCUT2D eigenvalue weighted by Crippen LogP contribution is 2.24. The Hall–Kier alpha value is -1.54. The van der Waals surface area contributed by atoms with Crippen molar-refractivity contribution in [3.63, 3.8) is 0 Å². The quantitative estimate of drug-likeness (QED) is 0.696. The highest BCUT2D eigenvalue weighted by atomic mass is 16.2. The van der Waals surface area contributed by atoms with Gasteiger partial charge in [-0.05, 0) is 43.4 Å². The molecule has 2 rings (SSSR count). The summed E-state index contributed by atoms with van der Waals surface area (Å²) in [5.41, 5.74) is 0. The minimum absolute atomic E-state index is 0.0937. The molecule has 152 valence electrons. The first-order chi connectivity index (χ1) is 12.8. The number of rotatable bonds is 7. The number of hydrogen-bond donors (Lipinski definition) is 1. The maximum atomic E-state index is 13.3. The third-order valence-corrected chi connectivity index (χ3v) is 5.72. The Morgan fingerprint density at radius 2 is 1.85 bits per heavy atom. The van der Waals surface area contributed by atoms with Gasteiger partial charge in [-0.25, -0.2) is 0 Å². The molecule has 0 bridgehead atoms. The summed E-state index contributed by atoms with van der Waals surface area (Å²) in [7, 11) is 0. The molecule has 27 heavy (non-hydrogen) atoms. The van der Waals surface area contributed by atoms with Crippen molar-refractivity contribution in [1.29, 1.82) is 0 Å². The Balaban J connectivity index is 2.09. The molecular weight excluding hydrogens is 338 g/mol. The van der Waals surface area contributed by atoms with Gasteiger partial charge in [-0.2, -0.15) is 0 Å². The van der Waals surface area contributed by atoms with Crippen molar-refractivity contribution in [2.45, 2.75) is 71.9 Å². The van der Waals surface area contributed by atoms with Gasteiger partial charge in [0.2, 0.25) is 11.8 Å². The van der Waals surface area contributed by atoms with E-state index in [0.717, 1.165) is 51.7 Å². The molecule has 0 aromatic carbocycles. The predicted octanol–water partition coefficient (Wildman–Crippen LogP) is 2.51. The van der Waals surface area contributed by atoms with E-state index in [4.69, 9.17) is 6.42 Å². The van der Waals surface area contributed by atoms with E-state index in [0.29, 0.717) is 24.3 Å². The molecule has 2 aliphatic heterocycles. The zero-order chi connectivity index (χ0) is 20.0. The van der Waals surface area contributed by atoms with E-state index < -0.39 is 0 Å². The van der Waals surface area contributed by atoms with Gasteiger partial charge < -0.3 is 15.1 Å². The van der Waals surface area contributed by atoms with Crippen LogP contribution >= 0.6 is 0 Å². The van der Waals surface area contributed by atoms with Crippen molar-refractivity contribution in [3.8, 4) is 12.3 Å². The lowest BCUT2D eigenvalue weighted by atomic mass is 9.92. The number of carbonyl (C=O) groups excluding carboxylic acids is 2. The standard InChI is InChI=1S/C22H37N3O2/c1-6-7-18-8-11-24(12-9-18)22(27)20(15-17(4)5)25-13-10-23-19(21(25)26)14-16(2)3/h1,16-20,23H,7-15H2,2-5H3/t19-,20-/m0/s1. The van der Waals surface area contributed by atoms with Gasteiger partial charge in [0, 0.05) is 32.6 Å². The number of carbonyl (C=O) groups is 2. The Bertz CT molecular complexity index is 544. The molecule has 2 aliphatic rings. The van der Waals surface area contributed by atoms with Gasteiger partial charge in [0.25, 0.3) is 0 Å². The number of likely N-dealkylation sites (tertiary alicyclic amines) is 1. The molecule has 0 radical (unpaired) electrons. The van der Waals surface area contributed by atoms with Crippen LogP contribution in [0.15, 0.2) is 0 Å². The monoisotopic (exact) mass is 375 g/mol. The van der Waals surface area contributed by atoms with E-state index in [1.165, 1.54) is 0 Å². The maximum Gasteiger partial charge on any atom is 0.245 e. The Morgan fingerprint density at radius 3 is 2.41 bits per heavy atom. The van der Waals surface area contributed by atoms with Crippen LogP contribution in [0.3, 0.4) is 0 Å². The van der Waals surface area contributed by atoms with E-state index in [1.807, 2.05) is 9.80 Å². The second-order valence-corrected chi connectivity index (χ2v) is 8.99. The number of hydrogen-bond acceptors (Lipinski definition) is 3. The third-order valence-electron chi connectivity index (χ3n) is 5.72. The number of amides is 2. The van der Waals surface area contributed by atoms with Crippen molar-refractivity contribution in [1.82, 2.24) is 15.1 Å². The molecule has 2 amide bonds. The van der Waals surface area contributed by atoms with Gasteiger partial charge in [0.1, 0.15) is 6.04 Å². The second kappa shape index (κ2) is 10.1. The molecule has 0 unspecified atom stereocenters. The first-order valence-electron chi connectivity index (χ1n) is 10.6. The van der Waals surface area contributed by atoms with Crippen LogP contribution in [0.4, 0.5) is 0 Å². The van der Waals surface area contributed by atoms with Crippen LogP contribution in [0.2, 0.25) is 0 Å². The second-order valence-electron chi connectivity index (χ2n) is 8.99. The van der Waals surface area contributed by atoms with Crippen molar-refractivity contribution in [2.24, 2.45) is 17.8 Å². The summed E-state index contributed by atoms with van der Waals surface area (Å²) < 4.78 is 0. The Labute approximate surface area is 165 Å². The van der Waals surface area contributed by atoms with Crippen LogP contribution in [0.25, 0.3) is 0 Å². The number of terminal acetylenes is 1. The summed E-state index contributed by atoms with van der Waals surface area (Å²) in [5.74, 6) is 4.30.